The van der Waals surface area contributed by atoms with Crippen molar-refractivity contribution in [2.75, 3.05) is 26.1 Å². The standard InChI is InChI=1S/C25H21N3O7S2/c1-14-20(24(31)33-2)22(37-21(14)25(32)34-3)26-19(29)13-35-23(30)17-12-16(18-10-7-11-36-18)27-28(17)15-8-5-4-6-9-15/h4-12H,13H2,1-3H3,(H,26,29). The van der Waals surface area contributed by atoms with Crippen molar-refractivity contribution in [3.63, 3.8) is 0 Å². The molecule has 0 unspecified atom stereocenters. The van der Waals surface area contributed by atoms with Crippen LogP contribution in [0.4, 0.5) is 5.00 Å². The highest BCUT2D eigenvalue weighted by atomic mass is 32.1. The van der Waals surface area contributed by atoms with Gasteiger partial charge in [0, 0.05) is 6.07 Å². The minimum atomic E-state index is -0.764. The van der Waals surface area contributed by atoms with Crippen LogP contribution in [0.15, 0.2) is 53.9 Å². The molecule has 37 heavy (non-hydrogen) atoms. The lowest BCUT2D eigenvalue weighted by Gasteiger charge is -2.09. The molecule has 190 valence electrons. The van der Waals surface area contributed by atoms with Crippen LogP contribution < -0.4 is 5.32 Å². The summed E-state index contributed by atoms with van der Waals surface area (Å²) in [6.07, 6.45) is 0. The summed E-state index contributed by atoms with van der Waals surface area (Å²) >= 11 is 2.34. The molecule has 0 saturated heterocycles. The van der Waals surface area contributed by atoms with Crippen LogP contribution in [0.1, 0.15) is 36.1 Å². The third kappa shape index (κ3) is 5.44. The van der Waals surface area contributed by atoms with Crippen LogP contribution in [0, 0.1) is 6.92 Å². The van der Waals surface area contributed by atoms with Crippen LogP contribution in [0.2, 0.25) is 0 Å². The molecule has 0 saturated carbocycles. The minimum Gasteiger partial charge on any atom is -0.465 e. The second-order valence-electron chi connectivity index (χ2n) is 7.51. The minimum absolute atomic E-state index is 0.0234. The van der Waals surface area contributed by atoms with Crippen molar-refractivity contribution in [3.05, 3.63) is 75.6 Å². The summed E-state index contributed by atoms with van der Waals surface area (Å²) < 4.78 is 16.2. The Morgan fingerprint density at radius 2 is 1.70 bits per heavy atom. The number of hydrogen-bond donors (Lipinski definition) is 1. The van der Waals surface area contributed by atoms with E-state index in [1.165, 1.54) is 30.2 Å². The molecule has 0 atom stereocenters. The molecule has 1 amide bonds. The fraction of sp³-hybridized carbons (Fsp3) is 0.160. The molecule has 4 rings (SSSR count). The molecular formula is C25H21N3O7S2. The van der Waals surface area contributed by atoms with Gasteiger partial charge in [-0.25, -0.2) is 19.1 Å². The number of nitrogens with one attached hydrogen (secondary N) is 1. The lowest BCUT2D eigenvalue weighted by molar-refractivity contribution is -0.119. The molecule has 0 aliphatic heterocycles. The van der Waals surface area contributed by atoms with E-state index in [-0.39, 0.29) is 21.1 Å². The number of amides is 1. The summed E-state index contributed by atoms with van der Waals surface area (Å²) in [5.41, 5.74) is 1.70. The molecule has 3 aromatic heterocycles. The fourth-order valence-corrected chi connectivity index (χ4v) is 5.25. The molecule has 12 heteroatoms. The van der Waals surface area contributed by atoms with Crippen molar-refractivity contribution in [3.8, 4) is 16.3 Å². The van der Waals surface area contributed by atoms with E-state index in [4.69, 9.17) is 14.2 Å². The highest BCUT2D eigenvalue weighted by Crippen LogP contribution is 2.34. The Labute approximate surface area is 219 Å². The maximum Gasteiger partial charge on any atom is 0.357 e. The van der Waals surface area contributed by atoms with E-state index in [1.807, 2.05) is 35.7 Å². The topological polar surface area (TPSA) is 126 Å². The third-order valence-corrected chi connectivity index (χ3v) is 7.27. The number of aromatic nitrogens is 2. The highest BCUT2D eigenvalue weighted by Gasteiger charge is 2.27. The largest absolute Gasteiger partial charge is 0.465 e. The first-order valence-corrected chi connectivity index (χ1v) is 12.5. The predicted octanol–water partition coefficient (Wildman–Crippen LogP) is 4.34. The number of rotatable bonds is 8. The second kappa shape index (κ2) is 11.2. The van der Waals surface area contributed by atoms with Gasteiger partial charge in [0.2, 0.25) is 0 Å². The number of ether oxygens (including phenoxy) is 3. The van der Waals surface area contributed by atoms with Gasteiger partial charge in [0.05, 0.1) is 30.3 Å². The van der Waals surface area contributed by atoms with Gasteiger partial charge < -0.3 is 19.5 Å². The van der Waals surface area contributed by atoms with Crippen molar-refractivity contribution < 1.29 is 33.4 Å². The number of para-hydroxylation sites is 1. The molecule has 3 heterocycles. The fourth-order valence-electron chi connectivity index (χ4n) is 3.44. The van der Waals surface area contributed by atoms with Crippen LogP contribution in [0.5, 0.6) is 0 Å². The number of esters is 3. The van der Waals surface area contributed by atoms with Gasteiger partial charge in [-0.05, 0) is 36.1 Å². The van der Waals surface area contributed by atoms with Crippen LogP contribution in [0.25, 0.3) is 16.3 Å². The zero-order chi connectivity index (χ0) is 26.5. The molecule has 0 radical (unpaired) electrons. The predicted molar refractivity (Wildman–Crippen MR) is 138 cm³/mol. The van der Waals surface area contributed by atoms with Gasteiger partial charge in [0.1, 0.15) is 15.6 Å². The number of nitrogens with zero attached hydrogens (tertiary/aromatic N) is 2. The number of carbonyl (C=O) groups is 4. The van der Waals surface area contributed by atoms with E-state index < -0.39 is 30.4 Å². The van der Waals surface area contributed by atoms with Crippen LogP contribution >= 0.6 is 22.7 Å². The quantitative estimate of drug-likeness (QED) is 0.259. The van der Waals surface area contributed by atoms with Gasteiger partial charge in [-0.15, -0.1) is 22.7 Å². The molecule has 0 aliphatic rings. The Bertz CT molecular complexity index is 1460. The Morgan fingerprint density at radius 1 is 0.973 bits per heavy atom. The Morgan fingerprint density at radius 3 is 2.35 bits per heavy atom. The lowest BCUT2D eigenvalue weighted by atomic mass is 10.1. The van der Waals surface area contributed by atoms with Crippen molar-refractivity contribution in [1.82, 2.24) is 9.78 Å². The Kier molecular flexibility index (Phi) is 7.80. The first kappa shape index (κ1) is 25.8. The van der Waals surface area contributed by atoms with E-state index in [0.717, 1.165) is 16.2 Å². The van der Waals surface area contributed by atoms with Crippen LogP contribution in [-0.4, -0.2) is 54.4 Å². The van der Waals surface area contributed by atoms with E-state index in [2.05, 4.69) is 10.4 Å². The maximum absolute atomic E-state index is 13.0. The zero-order valence-corrected chi connectivity index (χ0v) is 21.6. The van der Waals surface area contributed by atoms with Gasteiger partial charge in [0.25, 0.3) is 5.91 Å². The van der Waals surface area contributed by atoms with Crippen molar-refractivity contribution >= 4 is 51.5 Å². The SMILES string of the molecule is COC(=O)c1sc(NC(=O)COC(=O)c2cc(-c3cccs3)nn2-c2ccccc2)c(C(=O)OC)c1C. The summed E-state index contributed by atoms with van der Waals surface area (Å²) in [4.78, 5) is 51.0. The van der Waals surface area contributed by atoms with Gasteiger partial charge in [-0.3, -0.25) is 4.79 Å². The molecule has 1 N–H and O–H groups in total. The van der Waals surface area contributed by atoms with Crippen molar-refractivity contribution in [2.45, 2.75) is 6.92 Å². The van der Waals surface area contributed by atoms with Gasteiger partial charge in [-0.1, -0.05) is 24.3 Å². The number of benzene rings is 1. The Balaban J connectivity index is 1.54. The monoisotopic (exact) mass is 539 g/mol. The molecule has 4 aromatic rings. The maximum atomic E-state index is 13.0. The highest BCUT2D eigenvalue weighted by molar-refractivity contribution is 7.18. The molecule has 0 spiro atoms. The van der Waals surface area contributed by atoms with E-state index in [0.29, 0.717) is 16.9 Å². The van der Waals surface area contributed by atoms with Gasteiger partial charge in [-0.2, -0.15) is 5.10 Å². The summed E-state index contributed by atoms with van der Waals surface area (Å²) in [5.74, 6) is -2.86. The summed E-state index contributed by atoms with van der Waals surface area (Å²) in [6, 6.07) is 14.4. The first-order chi connectivity index (χ1) is 17.8. The average molecular weight is 540 g/mol. The number of hydrogen-bond acceptors (Lipinski definition) is 10. The Hall–Kier alpha value is -4.29. The number of methoxy groups -OCH3 is 2. The van der Waals surface area contributed by atoms with Crippen molar-refractivity contribution in [2.24, 2.45) is 0 Å². The summed E-state index contributed by atoms with van der Waals surface area (Å²) in [7, 11) is 2.39. The van der Waals surface area contributed by atoms with Gasteiger partial charge in [0.15, 0.2) is 12.3 Å². The zero-order valence-electron chi connectivity index (χ0n) is 20.0. The van der Waals surface area contributed by atoms with E-state index in [9.17, 15) is 19.2 Å². The first-order valence-electron chi connectivity index (χ1n) is 10.8. The molecule has 0 aliphatic carbocycles. The second-order valence-corrected chi connectivity index (χ2v) is 9.48. The number of thiophene rings is 2. The number of carbonyl (C=O) groups excluding carboxylic acids is 4. The average Bonchev–Trinajstić information content (AvgIpc) is 3.66. The van der Waals surface area contributed by atoms with Crippen LogP contribution in [0.3, 0.4) is 0 Å². The van der Waals surface area contributed by atoms with E-state index in [1.54, 1.807) is 25.1 Å². The normalized spacial score (nSPS) is 10.6. The summed E-state index contributed by atoms with van der Waals surface area (Å²) in [5, 5.41) is 9.05. The number of anilines is 1. The van der Waals surface area contributed by atoms with E-state index >= 15 is 0 Å². The third-order valence-electron chi connectivity index (χ3n) is 5.19. The van der Waals surface area contributed by atoms with Crippen LogP contribution in [-0.2, 0) is 19.0 Å². The van der Waals surface area contributed by atoms with Gasteiger partial charge >= 0.3 is 17.9 Å². The summed E-state index contributed by atoms with van der Waals surface area (Å²) in [6.45, 7) is 0.902. The molecular weight excluding hydrogens is 518 g/mol. The molecule has 0 fully saturated rings. The molecule has 0 bridgehead atoms. The molecule has 10 nitrogen and oxygen atoms in total. The van der Waals surface area contributed by atoms with Crippen molar-refractivity contribution in [1.29, 1.82) is 0 Å². The smallest absolute Gasteiger partial charge is 0.357 e. The lowest BCUT2D eigenvalue weighted by Crippen LogP contribution is -2.22. The molecule has 1 aromatic carbocycles.